The first-order valence-corrected chi connectivity index (χ1v) is 6.77. The predicted octanol–water partition coefficient (Wildman–Crippen LogP) is 2.95. The number of nitrogens with one attached hydrogen (secondary N) is 1. The van der Waals surface area contributed by atoms with Gasteiger partial charge >= 0.3 is 5.97 Å². The van der Waals surface area contributed by atoms with Gasteiger partial charge in [0, 0.05) is 17.3 Å². The number of carboxylic acid groups (broad SMARTS) is 1. The lowest BCUT2D eigenvalue weighted by atomic mass is 9.85. The molecule has 0 bridgehead atoms. The molecule has 0 aliphatic rings. The van der Waals surface area contributed by atoms with E-state index in [-0.39, 0.29) is 11.8 Å². The van der Waals surface area contributed by atoms with Crippen molar-refractivity contribution in [3.63, 3.8) is 0 Å². The zero-order valence-electron chi connectivity index (χ0n) is 11.9. The third-order valence-corrected chi connectivity index (χ3v) is 3.37. The molecule has 20 heavy (non-hydrogen) atoms. The Balaban J connectivity index is 2.07. The van der Waals surface area contributed by atoms with E-state index in [0.29, 0.717) is 6.42 Å². The summed E-state index contributed by atoms with van der Waals surface area (Å²) < 4.78 is 0. The highest BCUT2D eigenvalue weighted by Gasteiger charge is 2.24. The van der Waals surface area contributed by atoms with Crippen molar-refractivity contribution in [3.8, 4) is 0 Å². The minimum atomic E-state index is -0.787. The van der Waals surface area contributed by atoms with Gasteiger partial charge in [-0.1, -0.05) is 44.2 Å². The largest absolute Gasteiger partial charge is 0.481 e. The van der Waals surface area contributed by atoms with E-state index < -0.39 is 5.97 Å². The highest BCUT2D eigenvalue weighted by Crippen LogP contribution is 2.25. The molecule has 0 unspecified atom stereocenters. The molecule has 4 nitrogen and oxygen atoms in total. The Morgan fingerprint density at radius 2 is 2.00 bits per heavy atom. The second kappa shape index (κ2) is 5.90. The quantitative estimate of drug-likeness (QED) is 0.849. The minimum Gasteiger partial charge on any atom is -0.481 e. The SMILES string of the molecule is CC(C)(Cc1ccccc1)c1ncc(CCC(=O)O)[nH]1. The first kappa shape index (κ1) is 14.3. The number of aromatic nitrogens is 2. The van der Waals surface area contributed by atoms with E-state index in [1.54, 1.807) is 6.20 Å². The highest BCUT2D eigenvalue weighted by molar-refractivity contribution is 5.66. The van der Waals surface area contributed by atoms with Crippen LogP contribution in [-0.4, -0.2) is 21.0 Å². The topological polar surface area (TPSA) is 66.0 Å². The molecule has 0 spiro atoms. The van der Waals surface area contributed by atoms with Crippen LogP contribution in [0.3, 0.4) is 0 Å². The second-order valence-electron chi connectivity index (χ2n) is 5.70. The van der Waals surface area contributed by atoms with Gasteiger partial charge in [-0.2, -0.15) is 0 Å². The molecule has 106 valence electrons. The number of nitrogens with zero attached hydrogens (tertiary/aromatic N) is 1. The molecule has 2 aromatic rings. The summed E-state index contributed by atoms with van der Waals surface area (Å²) in [5.41, 5.74) is 2.03. The summed E-state index contributed by atoms with van der Waals surface area (Å²) in [4.78, 5) is 18.3. The Morgan fingerprint density at radius 3 is 2.65 bits per heavy atom. The molecule has 1 aromatic heterocycles. The molecule has 0 atom stereocenters. The van der Waals surface area contributed by atoms with Crippen molar-refractivity contribution in [2.75, 3.05) is 0 Å². The number of benzene rings is 1. The van der Waals surface area contributed by atoms with Crippen LogP contribution >= 0.6 is 0 Å². The summed E-state index contributed by atoms with van der Waals surface area (Å²) >= 11 is 0. The number of carbonyl (C=O) groups is 1. The van der Waals surface area contributed by atoms with Gasteiger partial charge in [-0.15, -0.1) is 0 Å². The number of hydrogen-bond acceptors (Lipinski definition) is 2. The van der Waals surface area contributed by atoms with Gasteiger partial charge in [0.15, 0.2) is 0 Å². The second-order valence-corrected chi connectivity index (χ2v) is 5.70. The molecule has 0 aliphatic heterocycles. The number of imidazole rings is 1. The van der Waals surface area contributed by atoms with Crippen LogP contribution in [0.2, 0.25) is 0 Å². The molecule has 0 saturated heterocycles. The lowest BCUT2D eigenvalue weighted by molar-refractivity contribution is -0.136. The van der Waals surface area contributed by atoms with E-state index in [1.165, 1.54) is 5.56 Å². The summed E-state index contributed by atoms with van der Waals surface area (Å²) in [6.07, 6.45) is 3.25. The first-order valence-electron chi connectivity index (χ1n) is 6.77. The van der Waals surface area contributed by atoms with Gasteiger partial charge in [0.05, 0.1) is 6.42 Å². The maximum Gasteiger partial charge on any atom is 0.303 e. The Labute approximate surface area is 118 Å². The number of aryl methyl sites for hydroxylation is 1. The predicted molar refractivity (Wildman–Crippen MR) is 77.7 cm³/mol. The average Bonchev–Trinajstić information content (AvgIpc) is 2.86. The molecule has 0 saturated carbocycles. The molecular formula is C16H20N2O2. The number of hydrogen-bond donors (Lipinski definition) is 2. The first-order chi connectivity index (χ1) is 9.47. The van der Waals surface area contributed by atoms with Crippen molar-refractivity contribution < 1.29 is 9.90 Å². The molecule has 1 aromatic carbocycles. The Bertz CT molecular complexity index is 573. The Morgan fingerprint density at radius 1 is 1.30 bits per heavy atom. The number of aromatic amines is 1. The molecule has 2 N–H and O–H groups in total. The van der Waals surface area contributed by atoms with Crippen molar-refractivity contribution in [1.82, 2.24) is 9.97 Å². The summed E-state index contributed by atoms with van der Waals surface area (Å²) in [5.74, 6) is 0.117. The molecule has 4 heteroatoms. The van der Waals surface area contributed by atoms with E-state index in [1.807, 2.05) is 18.2 Å². The Hall–Kier alpha value is -2.10. The summed E-state index contributed by atoms with van der Waals surface area (Å²) in [6.45, 7) is 4.28. The van der Waals surface area contributed by atoms with Gasteiger partial charge in [0.1, 0.15) is 5.82 Å². The van der Waals surface area contributed by atoms with Crippen molar-refractivity contribution in [2.45, 2.75) is 38.5 Å². The van der Waals surface area contributed by atoms with Crippen LogP contribution in [0.4, 0.5) is 0 Å². The van der Waals surface area contributed by atoms with Crippen LogP contribution in [0.25, 0.3) is 0 Å². The van der Waals surface area contributed by atoms with Crippen LogP contribution in [0.5, 0.6) is 0 Å². The molecule has 1 heterocycles. The normalized spacial score (nSPS) is 11.5. The molecule has 0 fully saturated rings. The van der Waals surface area contributed by atoms with Gasteiger partial charge in [-0.3, -0.25) is 4.79 Å². The fourth-order valence-corrected chi connectivity index (χ4v) is 2.26. The number of carboxylic acids is 1. The fraction of sp³-hybridized carbons (Fsp3) is 0.375. The van der Waals surface area contributed by atoms with E-state index in [9.17, 15) is 4.79 Å². The zero-order valence-corrected chi connectivity index (χ0v) is 11.9. The Kier molecular flexibility index (Phi) is 4.23. The summed E-state index contributed by atoms with van der Waals surface area (Å²) in [6, 6.07) is 10.3. The molecule has 2 rings (SSSR count). The number of rotatable bonds is 6. The molecule has 0 amide bonds. The number of H-pyrrole nitrogens is 1. The molecule has 0 radical (unpaired) electrons. The monoisotopic (exact) mass is 272 g/mol. The zero-order chi connectivity index (χ0) is 14.6. The van der Waals surface area contributed by atoms with Crippen molar-refractivity contribution >= 4 is 5.97 Å². The van der Waals surface area contributed by atoms with Crippen LogP contribution < -0.4 is 0 Å². The minimum absolute atomic E-state index is 0.108. The maximum absolute atomic E-state index is 10.6. The molecule has 0 aliphatic carbocycles. The van der Waals surface area contributed by atoms with E-state index in [4.69, 9.17) is 5.11 Å². The average molecular weight is 272 g/mol. The van der Waals surface area contributed by atoms with Crippen LogP contribution in [0, 0.1) is 0 Å². The summed E-state index contributed by atoms with van der Waals surface area (Å²) in [5, 5.41) is 8.70. The van der Waals surface area contributed by atoms with Gasteiger partial charge in [-0.05, 0) is 18.4 Å². The van der Waals surface area contributed by atoms with Gasteiger partial charge in [-0.25, -0.2) is 4.98 Å². The van der Waals surface area contributed by atoms with Crippen LogP contribution in [0.1, 0.15) is 37.4 Å². The van der Waals surface area contributed by atoms with Gasteiger partial charge < -0.3 is 10.1 Å². The third kappa shape index (κ3) is 3.70. The van der Waals surface area contributed by atoms with E-state index in [0.717, 1.165) is 17.9 Å². The number of aliphatic carboxylic acids is 1. The standard InChI is InChI=1S/C16H20N2O2/c1-16(2,10-12-6-4-3-5-7-12)15-17-11-13(18-15)8-9-14(19)20/h3-7,11H,8-10H2,1-2H3,(H,17,18)(H,19,20). The molecular weight excluding hydrogens is 252 g/mol. The highest BCUT2D eigenvalue weighted by atomic mass is 16.4. The lowest BCUT2D eigenvalue weighted by Gasteiger charge is -2.22. The van der Waals surface area contributed by atoms with E-state index in [2.05, 4.69) is 35.9 Å². The maximum atomic E-state index is 10.6. The lowest BCUT2D eigenvalue weighted by Crippen LogP contribution is -2.22. The van der Waals surface area contributed by atoms with E-state index >= 15 is 0 Å². The summed E-state index contributed by atoms with van der Waals surface area (Å²) in [7, 11) is 0. The van der Waals surface area contributed by atoms with Crippen LogP contribution in [-0.2, 0) is 23.1 Å². The van der Waals surface area contributed by atoms with Crippen molar-refractivity contribution in [3.05, 3.63) is 53.6 Å². The van der Waals surface area contributed by atoms with Gasteiger partial charge in [0.2, 0.25) is 0 Å². The fourth-order valence-electron chi connectivity index (χ4n) is 2.26. The third-order valence-electron chi connectivity index (χ3n) is 3.37. The van der Waals surface area contributed by atoms with Gasteiger partial charge in [0.25, 0.3) is 0 Å². The van der Waals surface area contributed by atoms with Crippen molar-refractivity contribution in [1.29, 1.82) is 0 Å². The van der Waals surface area contributed by atoms with Crippen molar-refractivity contribution in [2.24, 2.45) is 0 Å². The van der Waals surface area contributed by atoms with Crippen LogP contribution in [0.15, 0.2) is 36.5 Å². The smallest absolute Gasteiger partial charge is 0.303 e.